The van der Waals surface area contributed by atoms with Gasteiger partial charge in [-0.25, -0.2) is 15.0 Å². The first kappa shape index (κ1) is 32.2. The number of fused-ring (bicyclic) bond motifs is 6. The molecule has 0 bridgehead atoms. The minimum atomic E-state index is 0.648. The van der Waals surface area contributed by atoms with Crippen molar-refractivity contribution in [3.05, 3.63) is 194 Å². The highest BCUT2D eigenvalue weighted by Gasteiger charge is 2.22. The molecular formula is C51H32N4S. The highest BCUT2D eigenvalue weighted by Crippen LogP contribution is 2.47. The number of aromatic nitrogens is 4. The lowest BCUT2D eigenvalue weighted by molar-refractivity contribution is 1.08. The Kier molecular flexibility index (Phi) is 7.64. The van der Waals surface area contributed by atoms with Gasteiger partial charge in [0.25, 0.3) is 0 Å². The Hall–Kier alpha value is -7.21. The summed E-state index contributed by atoms with van der Waals surface area (Å²) in [4.78, 5) is 15.4. The zero-order valence-electron chi connectivity index (χ0n) is 30.2. The summed E-state index contributed by atoms with van der Waals surface area (Å²) in [6.07, 6.45) is 0. The predicted molar refractivity (Wildman–Crippen MR) is 234 cm³/mol. The van der Waals surface area contributed by atoms with Crippen molar-refractivity contribution in [1.29, 1.82) is 0 Å². The molecule has 11 aromatic rings. The number of benzene rings is 8. The molecule has 0 atom stereocenters. The molecule has 0 spiro atoms. The zero-order chi connectivity index (χ0) is 37.0. The Morgan fingerprint density at radius 1 is 0.339 bits per heavy atom. The maximum Gasteiger partial charge on any atom is 0.164 e. The number of para-hydroxylation sites is 1. The van der Waals surface area contributed by atoms with Crippen molar-refractivity contribution in [2.75, 3.05) is 0 Å². The Labute approximate surface area is 327 Å². The highest BCUT2D eigenvalue weighted by molar-refractivity contribution is 7.27. The van der Waals surface area contributed by atoms with Gasteiger partial charge in [0.05, 0.1) is 21.4 Å². The minimum Gasteiger partial charge on any atom is -0.308 e. The number of hydrogen-bond donors (Lipinski definition) is 0. The fourth-order valence-electron chi connectivity index (χ4n) is 8.07. The van der Waals surface area contributed by atoms with E-state index in [4.69, 9.17) is 15.0 Å². The normalized spacial score (nSPS) is 11.6. The number of nitrogens with zero attached hydrogens (tertiary/aromatic N) is 4. The number of rotatable bonds is 6. The van der Waals surface area contributed by atoms with Gasteiger partial charge in [0.1, 0.15) is 0 Å². The predicted octanol–water partition coefficient (Wildman–Crippen LogP) is 13.7. The van der Waals surface area contributed by atoms with Crippen LogP contribution in [0.2, 0.25) is 0 Å². The summed E-state index contributed by atoms with van der Waals surface area (Å²) in [5.74, 6) is 1.95. The molecule has 0 radical (unpaired) electrons. The SMILES string of the molecule is c1ccc(-c2ccc3c(c2)c2ccccc2n3-c2cccc3c2sc2c(-c4ccccc4)ccc(-c4nc(-c5ccccc5)nc(-c5ccccc5)n4)c23)cc1. The van der Waals surface area contributed by atoms with E-state index in [1.807, 2.05) is 47.7 Å². The van der Waals surface area contributed by atoms with Crippen LogP contribution in [-0.2, 0) is 0 Å². The molecule has 4 nitrogen and oxygen atoms in total. The molecule has 0 N–H and O–H groups in total. The van der Waals surface area contributed by atoms with Crippen molar-refractivity contribution < 1.29 is 0 Å². The van der Waals surface area contributed by atoms with Crippen LogP contribution in [-0.4, -0.2) is 19.5 Å². The first-order valence-electron chi connectivity index (χ1n) is 18.8. The molecule has 0 aliphatic carbocycles. The first-order chi connectivity index (χ1) is 27.8. The maximum atomic E-state index is 5.20. The van der Waals surface area contributed by atoms with Gasteiger partial charge < -0.3 is 4.57 Å². The summed E-state index contributed by atoms with van der Waals surface area (Å²) in [6.45, 7) is 0. The second-order valence-corrected chi connectivity index (χ2v) is 15.0. The second kappa shape index (κ2) is 13.3. The molecule has 5 heteroatoms. The lowest BCUT2D eigenvalue weighted by Gasteiger charge is -2.12. The van der Waals surface area contributed by atoms with Gasteiger partial charge in [-0.05, 0) is 52.6 Å². The summed E-state index contributed by atoms with van der Waals surface area (Å²) in [7, 11) is 0. The summed E-state index contributed by atoms with van der Waals surface area (Å²) < 4.78 is 4.86. The molecule has 0 unspecified atom stereocenters. The van der Waals surface area contributed by atoms with Gasteiger partial charge in [0.2, 0.25) is 0 Å². The van der Waals surface area contributed by atoms with E-state index in [1.165, 1.54) is 58.8 Å². The van der Waals surface area contributed by atoms with Crippen LogP contribution in [0, 0.1) is 0 Å². The maximum absolute atomic E-state index is 5.20. The molecule has 0 aliphatic heterocycles. The van der Waals surface area contributed by atoms with Crippen LogP contribution in [0.15, 0.2) is 194 Å². The third-order valence-corrected chi connectivity index (χ3v) is 11.9. The number of hydrogen-bond acceptors (Lipinski definition) is 4. The standard InChI is InChI=1S/C51H32N4S/c1-5-16-33(17-6-1)37-28-31-44-42(32-37)39-24-13-14-26-43(39)55(44)45-27-15-25-40-46-41(30-29-38(48(46)56-47(40)45)34-18-7-2-8-19-34)51-53-49(35-20-9-3-10-21-35)52-50(54-51)36-22-11-4-12-23-36/h1-32H. The van der Waals surface area contributed by atoms with E-state index in [9.17, 15) is 0 Å². The van der Waals surface area contributed by atoms with Crippen LogP contribution in [0.1, 0.15) is 0 Å². The van der Waals surface area contributed by atoms with Crippen LogP contribution in [0.4, 0.5) is 0 Å². The molecule has 0 aliphatic rings. The fourth-order valence-corrected chi connectivity index (χ4v) is 9.43. The summed E-state index contributed by atoms with van der Waals surface area (Å²) in [5, 5.41) is 4.78. The van der Waals surface area contributed by atoms with Crippen LogP contribution in [0.3, 0.4) is 0 Å². The van der Waals surface area contributed by atoms with Gasteiger partial charge in [-0.2, -0.15) is 0 Å². The van der Waals surface area contributed by atoms with Gasteiger partial charge in [-0.15, -0.1) is 11.3 Å². The van der Waals surface area contributed by atoms with E-state index in [2.05, 4.69) is 162 Å². The van der Waals surface area contributed by atoms with Gasteiger partial charge in [-0.1, -0.05) is 164 Å². The van der Waals surface area contributed by atoms with Gasteiger partial charge in [0, 0.05) is 42.9 Å². The van der Waals surface area contributed by atoms with Crippen LogP contribution in [0.25, 0.3) is 104 Å². The molecule has 8 aromatic carbocycles. The monoisotopic (exact) mass is 732 g/mol. The molecule has 0 saturated heterocycles. The van der Waals surface area contributed by atoms with E-state index in [0.717, 1.165) is 27.8 Å². The first-order valence-corrected chi connectivity index (χ1v) is 19.6. The Balaban J connectivity index is 1.20. The molecule has 3 aromatic heterocycles. The largest absolute Gasteiger partial charge is 0.308 e. The highest BCUT2D eigenvalue weighted by atomic mass is 32.1. The van der Waals surface area contributed by atoms with Crippen molar-refractivity contribution in [1.82, 2.24) is 19.5 Å². The Morgan fingerprint density at radius 2 is 0.875 bits per heavy atom. The zero-order valence-corrected chi connectivity index (χ0v) is 31.0. The van der Waals surface area contributed by atoms with Crippen molar-refractivity contribution in [3.63, 3.8) is 0 Å². The molecule has 3 heterocycles. The Bertz CT molecular complexity index is 3170. The fraction of sp³-hybridized carbons (Fsp3) is 0. The van der Waals surface area contributed by atoms with Gasteiger partial charge in [-0.3, -0.25) is 0 Å². The van der Waals surface area contributed by atoms with E-state index >= 15 is 0 Å². The summed E-state index contributed by atoms with van der Waals surface area (Å²) in [5.41, 5.74) is 11.2. The van der Waals surface area contributed by atoms with E-state index in [-0.39, 0.29) is 0 Å². The third-order valence-electron chi connectivity index (χ3n) is 10.7. The summed E-state index contributed by atoms with van der Waals surface area (Å²) in [6, 6.07) is 68.5. The van der Waals surface area contributed by atoms with E-state index < -0.39 is 0 Å². The smallest absolute Gasteiger partial charge is 0.164 e. The third kappa shape index (κ3) is 5.32. The molecular weight excluding hydrogens is 701 g/mol. The second-order valence-electron chi connectivity index (χ2n) is 14.0. The van der Waals surface area contributed by atoms with Crippen molar-refractivity contribution in [2.24, 2.45) is 0 Å². The molecule has 0 amide bonds. The van der Waals surface area contributed by atoms with Crippen LogP contribution in [0.5, 0.6) is 0 Å². The van der Waals surface area contributed by atoms with Crippen molar-refractivity contribution in [3.8, 4) is 62.1 Å². The average Bonchev–Trinajstić information content (AvgIpc) is 3.83. The van der Waals surface area contributed by atoms with Crippen LogP contribution >= 0.6 is 11.3 Å². The molecule has 0 fully saturated rings. The molecule has 0 saturated carbocycles. The summed E-state index contributed by atoms with van der Waals surface area (Å²) >= 11 is 1.84. The van der Waals surface area contributed by atoms with Gasteiger partial charge >= 0.3 is 0 Å². The van der Waals surface area contributed by atoms with E-state index in [1.54, 1.807) is 0 Å². The van der Waals surface area contributed by atoms with Crippen LogP contribution < -0.4 is 0 Å². The van der Waals surface area contributed by atoms with Crippen molar-refractivity contribution in [2.45, 2.75) is 0 Å². The molecule has 56 heavy (non-hydrogen) atoms. The van der Waals surface area contributed by atoms with E-state index in [0.29, 0.717) is 17.5 Å². The molecule has 11 rings (SSSR count). The minimum absolute atomic E-state index is 0.648. The van der Waals surface area contributed by atoms with Crippen molar-refractivity contribution >= 4 is 53.3 Å². The lowest BCUT2D eigenvalue weighted by atomic mass is 9.98. The average molecular weight is 733 g/mol. The quantitative estimate of drug-likeness (QED) is 0.171. The molecule has 262 valence electrons. The lowest BCUT2D eigenvalue weighted by Crippen LogP contribution is -2.00. The topological polar surface area (TPSA) is 43.6 Å². The number of thiophene rings is 1. The Morgan fingerprint density at radius 3 is 1.55 bits per heavy atom. The van der Waals surface area contributed by atoms with Gasteiger partial charge in [0.15, 0.2) is 17.5 Å².